The van der Waals surface area contributed by atoms with Gasteiger partial charge in [-0.1, -0.05) is 42.1 Å². The maximum Gasteiger partial charge on any atom is 0.277 e. The second kappa shape index (κ2) is 9.63. The lowest BCUT2D eigenvalue weighted by Crippen LogP contribution is -2.24. The van der Waals surface area contributed by atoms with Crippen LogP contribution in [0.4, 0.5) is 0 Å². The predicted octanol–water partition coefficient (Wildman–Crippen LogP) is 3.07. The summed E-state index contributed by atoms with van der Waals surface area (Å²) < 4.78 is 16.1. The van der Waals surface area contributed by atoms with Crippen LogP contribution in [-0.4, -0.2) is 29.0 Å². The van der Waals surface area contributed by atoms with E-state index >= 15 is 0 Å². The van der Waals surface area contributed by atoms with E-state index in [0.29, 0.717) is 23.4 Å². The first kappa shape index (κ1) is 18.8. The molecule has 0 saturated heterocycles. The van der Waals surface area contributed by atoms with Crippen molar-refractivity contribution in [3.05, 3.63) is 66.1 Å². The Morgan fingerprint density at radius 1 is 1.07 bits per heavy atom. The molecular weight excluding hydrogens is 366 g/mol. The second-order valence-corrected chi connectivity index (χ2v) is 6.40. The standard InChI is InChI=1S/C19H19N3O4S/c1-24-15-7-9-16(10-8-15)25-12-18-21-22-19(26-18)27-13-17(23)20-11-14-5-3-2-4-6-14/h2-10H,11-13H2,1H3,(H,20,23). The highest BCUT2D eigenvalue weighted by Gasteiger charge is 2.10. The Kier molecular flexibility index (Phi) is 6.70. The van der Waals surface area contributed by atoms with Crippen molar-refractivity contribution in [2.45, 2.75) is 18.4 Å². The quantitative estimate of drug-likeness (QED) is 0.567. The lowest BCUT2D eigenvalue weighted by molar-refractivity contribution is -0.118. The molecule has 3 aromatic rings. The molecular formula is C19H19N3O4S. The molecule has 0 bridgehead atoms. The summed E-state index contributed by atoms with van der Waals surface area (Å²) in [5, 5.41) is 11.0. The molecule has 27 heavy (non-hydrogen) atoms. The number of amides is 1. The van der Waals surface area contributed by atoms with E-state index in [1.807, 2.05) is 30.3 Å². The average Bonchev–Trinajstić information content (AvgIpc) is 3.18. The van der Waals surface area contributed by atoms with Crippen molar-refractivity contribution in [2.75, 3.05) is 12.9 Å². The summed E-state index contributed by atoms with van der Waals surface area (Å²) in [6, 6.07) is 16.9. The third kappa shape index (κ3) is 6.03. The highest BCUT2D eigenvalue weighted by molar-refractivity contribution is 7.99. The molecule has 0 radical (unpaired) electrons. The summed E-state index contributed by atoms with van der Waals surface area (Å²) in [7, 11) is 1.61. The third-order valence-electron chi connectivity index (χ3n) is 3.53. The van der Waals surface area contributed by atoms with Gasteiger partial charge in [-0.25, -0.2) is 0 Å². The van der Waals surface area contributed by atoms with Crippen LogP contribution in [-0.2, 0) is 17.9 Å². The van der Waals surface area contributed by atoms with Crippen LogP contribution in [0.15, 0.2) is 64.2 Å². The molecule has 2 aromatic carbocycles. The third-order valence-corrected chi connectivity index (χ3v) is 4.35. The number of thioether (sulfide) groups is 1. The minimum absolute atomic E-state index is 0.0990. The maximum absolute atomic E-state index is 11.9. The Morgan fingerprint density at radius 2 is 1.81 bits per heavy atom. The number of carbonyl (C=O) groups is 1. The number of hydrogen-bond acceptors (Lipinski definition) is 7. The van der Waals surface area contributed by atoms with Gasteiger partial charge in [0.1, 0.15) is 11.5 Å². The monoisotopic (exact) mass is 385 g/mol. The van der Waals surface area contributed by atoms with Gasteiger partial charge >= 0.3 is 0 Å². The zero-order valence-corrected chi connectivity index (χ0v) is 15.6. The zero-order valence-electron chi connectivity index (χ0n) is 14.8. The molecule has 0 aliphatic carbocycles. The molecule has 1 aromatic heterocycles. The summed E-state index contributed by atoms with van der Waals surface area (Å²) in [5.74, 6) is 1.87. The number of ether oxygens (including phenoxy) is 2. The maximum atomic E-state index is 11.9. The Balaban J connectivity index is 1.40. The number of hydrogen-bond donors (Lipinski definition) is 1. The first-order valence-electron chi connectivity index (χ1n) is 8.25. The van der Waals surface area contributed by atoms with E-state index in [9.17, 15) is 4.79 Å². The highest BCUT2D eigenvalue weighted by Crippen LogP contribution is 2.19. The number of benzene rings is 2. The largest absolute Gasteiger partial charge is 0.497 e. The second-order valence-electron chi connectivity index (χ2n) is 5.48. The topological polar surface area (TPSA) is 86.5 Å². The Morgan fingerprint density at radius 3 is 2.56 bits per heavy atom. The van der Waals surface area contributed by atoms with E-state index in [-0.39, 0.29) is 18.3 Å². The molecule has 1 amide bonds. The predicted molar refractivity (Wildman–Crippen MR) is 101 cm³/mol. The van der Waals surface area contributed by atoms with Crippen LogP contribution in [0.1, 0.15) is 11.5 Å². The van der Waals surface area contributed by atoms with Gasteiger partial charge in [0.2, 0.25) is 5.91 Å². The van der Waals surface area contributed by atoms with Gasteiger partial charge in [0.15, 0.2) is 6.61 Å². The molecule has 3 rings (SSSR count). The van der Waals surface area contributed by atoms with Crippen LogP contribution >= 0.6 is 11.8 Å². The molecule has 1 heterocycles. The summed E-state index contributed by atoms with van der Waals surface area (Å²) in [5.41, 5.74) is 1.05. The van der Waals surface area contributed by atoms with E-state index in [1.165, 1.54) is 11.8 Å². The molecule has 1 N–H and O–H groups in total. The number of methoxy groups -OCH3 is 1. The first-order valence-corrected chi connectivity index (χ1v) is 9.24. The first-order chi connectivity index (χ1) is 13.2. The van der Waals surface area contributed by atoms with Crippen LogP contribution < -0.4 is 14.8 Å². The highest BCUT2D eigenvalue weighted by atomic mass is 32.2. The van der Waals surface area contributed by atoms with E-state index in [1.54, 1.807) is 31.4 Å². The molecule has 0 fully saturated rings. The fraction of sp³-hybridized carbons (Fsp3) is 0.211. The van der Waals surface area contributed by atoms with E-state index in [2.05, 4.69) is 15.5 Å². The zero-order chi connectivity index (χ0) is 18.9. The van der Waals surface area contributed by atoms with Crippen molar-refractivity contribution in [1.82, 2.24) is 15.5 Å². The fourth-order valence-corrected chi connectivity index (χ4v) is 2.76. The number of aromatic nitrogens is 2. The van der Waals surface area contributed by atoms with Crippen molar-refractivity contribution < 1.29 is 18.7 Å². The van der Waals surface area contributed by atoms with E-state index in [0.717, 1.165) is 11.3 Å². The number of rotatable bonds is 9. The van der Waals surface area contributed by atoms with E-state index < -0.39 is 0 Å². The Hall–Kier alpha value is -3.00. The summed E-state index contributed by atoms with van der Waals surface area (Å²) >= 11 is 1.19. The molecule has 7 nitrogen and oxygen atoms in total. The van der Waals surface area contributed by atoms with Crippen LogP contribution in [0.2, 0.25) is 0 Å². The van der Waals surface area contributed by atoms with Gasteiger partial charge in [0, 0.05) is 6.54 Å². The molecule has 0 spiro atoms. The lowest BCUT2D eigenvalue weighted by atomic mass is 10.2. The van der Waals surface area contributed by atoms with Gasteiger partial charge in [0.25, 0.3) is 11.1 Å². The molecule has 0 aliphatic heterocycles. The van der Waals surface area contributed by atoms with Crippen LogP contribution in [0.25, 0.3) is 0 Å². The molecule has 0 atom stereocenters. The number of nitrogens with zero attached hydrogens (tertiary/aromatic N) is 2. The normalized spacial score (nSPS) is 10.4. The fourth-order valence-electron chi connectivity index (χ4n) is 2.15. The molecule has 0 aliphatic rings. The summed E-state index contributed by atoms with van der Waals surface area (Å²) in [6.45, 7) is 0.644. The Labute approximate surface area is 161 Å². The van der Waals surface area contributed by atoms with Crippen molar-refractivity contribution in [2.24, 2.45) is 0 Å². The van der Waals surface area contributed by atoms with Crippen molar-refractivity contribution in [3.63, 3.8) is 0 Å². The van der Waals surface area contributed by atoms with Gasteiger partial charge in [-0.15, -0.1) is 10.2 Å². The molecule has 8 heteroatoms. The number of nitrogens with one attached hydrogen (secondary N) is 1. The smallest absolute Gasteiger partial charge is 0.277 e. The lowest BCUT2D eigenvalue weighted by Gasteiger charge is -2.04. The minimum Gasteiger partial charge on any atom is -0.497 e. The molecule has 140 valence electrons. The SMILES string of the molecule is COc1ccc(OCc2nnc(SCC(=O)NCc3ccccc3)o2)cc1. The van der Waals surface area contributed by atoms with Crippen LogP contribution in [0.5, 0.6) is 11.5 Å². The summed E-state index contributed by atoms with van der Waals surface area (Å²) in [4.78, 5) is 11.9. The molecule has 0 unspecified atom stereocenters. The van der Waals surface area contributed by atoms with Gasteiger partial charge in [0.05, 0.1) is 12.9 Å². The average molecular weight is 385 g/mol. The Bertz CT molecular complexity index is 853. The van der Waals surface area contributed by atoms with Gasteiger partial charge < -0.3 is 19.2 Å². The van der Waals surface area contributed by atoms with Crippen molar-refractivity contribution in [3.8, 4) is 11.5 Å². The van der Waals surface area contributed by atoms with Crippen LogP contribution in [0.3, 0.4) is 0 Å². The molecule has 0 saturated carbocycles. The van der Waals surface area contributed by atoms with Gasteiger partial charge in [-0.05, 0) is 29.8 Å². The van der Waals surface area contributed by atoms with Crippen molar-refractivity contribution >= 4 is 17.7 Å². The number of carbonyl (C=O) groups excluding carboxylic acids is 1. The van der Waals surface area contributed by atoms with E-state index in [4.69, 9.17) is 13.9 Å². The summed E-state index contributed by atoms with van der Waals surface area (Å²) in [6.07, 6.45) is 0. The van der Waals surface area contributed by atoms with Crippen molar-refractivity contribution in [1.29, 1.82) is 0 Å². The minimum atomic E-state index is -0.0990. The van der Waals surface area contributed by atoms with Gasteiger partial charge in [-0.2, -0.15) is 0 Å². The van der Waals surface area contributed by atoms with Crippen LogP contribution in [0, 0.1) is 0 Å². The van der Waals surface area contributed by atoms with Gasteiger partial charge in [-0.3, -0.25) is 4.79 Å².